The molecule has 0 aliphatic rings. The zero-order valence-electron chi connectivity index (χ0n) is 13.4. The maximum atomic E-state index is 12.1. The Labute approximate surface area is 157 Å². The van der Waals surface area contributed by atoms with Crippen LogP contribution in [0.2, 0.25) is 0 Å². The van der Waals surface area contributed by atoms with E-state index in [0.29, 0.717) is 21.7 Å². The Hall–Kier alpha value is -2.38. The summed E-state index contributed by atoms with van der Waals surface area (Å²) >= 11 is 4.72. The number of hydrogen-bond acceptors (Lipinski definition) is 5. The number of amides is 1. The second-order valence-electron chi connectivity index (χ2n) is 5.48. The number of nitrogens with zero attached hydrogens (tertiary/aromatic N) is 1. The molecular formula is C18H16BrN3O2S. The number of carbonyl (C=O) groups excluding carboxylic acids is 1. The van der Waals surface area contributed by atoms with Crippen molar-refractivity contribution in [3.8, 4) is 5.75 Å². The topological polar surface area (TPSA) is 74.2 Å². The van der Waals surface area contributed by atoms with E-state index in [4.69, 9.17) is 0 Å². The van der Waals surface area contributed by atoms with Crippen LogP contribution in [0, 0.1) is 6.92 Å². The summed E-state index contributed by atoms with van der Waals surface area (Å²) in [5.74, 6) is 0.0410. The standard InChI is InChI=1S/C18H16BrN3O2S/c1-11-8-13(16(23)15(19)9-11)10-21-14-4-2-12(3-5-14)17(24)22-18-20-6-7-25-18/h2-9,21,23H,10H2,1H3,(H,20,22,24). The molecule has 0 saturated heterocycles. The van der Waals surface area contributed by atoms with Crippen molar-refractivity contribution in [1.29, 1.82) is 0 Å². The fourth-order valence-corrected chi connectivity index (χ4v) is 3.47. The van der Waals surface area contributed by atoms with Crippen molar-refractivity contribution in [3.63, 3.8) is 0 Å². The van der Waals surface area contributed by atoms with Crippen molar-refractivity contribution in [3.05, 3.63) is 69.1 Å². The molecule has 1 amide bonds. The molecule has 0 atom stereocenters. The third-order valence-electron chi connectivity index (χ3n) is 3.57. The lowest BCUT2D eigenvalue weighted by molar-refractivity contribution is 0.102. The Morgan fingerprint density at radius 1 is 1.28 bits per heavy atom. The van der Waals surface area contributed by atoms with Crippen LogP contribution in [0.25, 0.3) is 0 Å². The number of phenols is 1. The first kappa shape index (κ1) is 17.4. The van der Waals surface area contributed by atoms with Crippen LogP contribution in [0.5, 0.6) is 5.75 Å². The van der Waals surface area contributed by atoms with Gasteiger partial charge in [0, 0.05) is 34.9 Å². The summed E-state index contributed by atoms with van der Waals surface area (Å²) in [5, 5.41) is 18.5. The molecule has 0 saturated carbocycles. The van der Waals surface area contributed by atoms with Crippen LogP contribution in [0.3, 0.4) is 0 Å². The van der Waals surface area contributed by atoms with Crippen LogP contribution < -0.4 is 10.6 Å². The molecule has 0 aliphatic carbocycles. The predicted octanol–water partition coefficient (Wildman–Crippen LogP) is 4.78. The molecule has 3 N–H and O–H groups in total. The Balaban J connectivity index is 1.64. The predicted molar refractivity (Wildman–Crippen MR) is 104 cm³/mol. The number of benzene rings is 2. The summed E-state index contributed by atoms with van der Waals surface area (Å²) in [6.45, 7) is 2.46. The van der Waals surface area contributed by atoms with Crippen molar-refractivity contribution >= 4 is 44.0 Å². The summed E-state index contributed by atoms with van der Waals surface area (Å²) in [5.41, 5.74) is 3.29. The first-order valence-electron chi connectivity index (χ1n) is 7.55. The van der Waals surface area contributed by atoms with Gasteiger partial charge >= 0.3 is 0 Å². The summed E-state index contributed by atoms with van der Waals surface area (Å²) < 4.78 is 0.679. The van der Waals surface area contributed by atoms with Gasteiger partial charge in [-0.15, -0.1) is 11.3 Å². The van der Waals surface area contributed by atoms with Crippen LogP contribution in [-0.4, -0.2) is 16.0 Å². The molecule has 1 aromatic heterocycles. The number of phenolic OH excluding ortho intramolecular Hbond substituents is 1. The highest BCUT2D eigenvalue weighted by molar-refractivity contribution is 9.10. The lowest BCUT2D eigenvalue weighted by Gasteiger charge is -2.11. The second kappa shape index (κ2) is 7.67. The maximum absolute atomic E-state index is 12.1. The fourth-order valence-electron chi connectivity index (χ4n) is 2.33. The molecule has 2 aromatic carbocycles. The lowest BCUT2D eigenvalue weighted by Crippen LogP contribution is -2.11. The number of nitrogens with one attached hydrogen (secondary N) is 2. The number of hydrogen-bond donors (Lipinski definition) is 3. The van der Waals surface area contributed by atoms with Crippen LogP contribution in [-0.2, 0) is 6.54 Å². The van der Waals surface area contributed by atoms with Crippen molar-refractivity contribution < 1.29 is 9.90 Å². The summed E-state index contributed by atoms with van der Waals surface area (Å²) in [4.78, 5) is 16.2. The van der Waals surface area contributed by atoms with Gasteiger partial charge in [0.25, 0.3) is 5.91 Å². The minimum atomic E-state index is -0.193. The average molecular weight is 418 g/mol. The van der Waals surface area contributed by atoms with E-state index in [1.54, 1.807) is 18.3 Å². The molecule has 0 bridgehead atoms. The molecule has 0 radical (unpaired) electrons. The van der Waals surface area contributed by atoms with E-state index in [1.807, 2.05) is 36.6 Å². The number of aryl methyl sites for hydroxylation is 1. The van der Waals surface area contributed by atoms with Crippen LogP contribution in [0.4, 0.5) is 10.8 Å². The minimum absolute atomic E-state index is 0.193. The number of thiazole rings is 1. The first-order chi connectivity index (χ1) is 12.0. The van der Waals surface area contributed by atoms with E-state index < -0.39 is 0 Å². The SMILES string of the molecule is Cc1cc(Br)c(O)c(CNc2ccc(C(=O)Nc3nccs3)cc2)c1. The van der Waals surface area contributed by atoms with Crippen LogP contribution in [0.1, 0.15) is 21.5 Å². The van der Waals surface area contributed by atoms with E-state index in [2.05, 4.69) is 31.5 Å². The van der Waals surface area contributed by atoms with E-state index in [-0.39, 0.29) is 11.7 Å². The van der Waals surface area contributed by atoms with Gasteiger partial charge in [-0.25, -0.2) is 4.98 Å². The lowest BCUT2D eigenvalue weighted by atomic mass is 10.1. The highest BCUT2D eigenvalue weighted by Crippen LogP contribution is 2.29. The Morgan fingerprint density at radius 2 is 2.04 bits per heavy atom. The molecule has 0 spiro atoms. The highest BCUT2D eigenvalue weighted by atomic mass is 79.9. The zero-order valence-corrected chi connectivity index (χ0v) is 15.8. The molecule has 3 aromatic rings. The number of halogens is 1. The maximum Gasteiger partial charge on any atom is 0.257 e. The van der Waals surface area contributed by atoms with E-state index >= 15 is 0 Å². The molecule has 0 fully saturated rings. The molecule has 0 aliphatic heterocycles. The smallest absolute Gasteiger partial charge is 0.257 e. The van der Waals surface area contributed by atoms with Crippen molar-refractivity contribution in [2.45, 2.75) is 13.5 Å². The molecule has 5 nitrogen and oxygen atoms in total. The summed E-state index contributed by atoms with van der Waals surface area (Å²) in [6.07, 6.45) is 1.65. The third-order valence-corrected chi connectivity index (χ3v) is 4.86. The molecule has 0 unspecified atom stereocenters. The van der Waals surface area contributed by atoms with Gasteiger partial charge in [-0.2, -0.15) is 0 Å². The second-order valence-corrected chi connectivity index (χ2v) is 7.23. The summed E-state index contributed by atoms with van der Waals surface area (Å²) in [6, 6.07) is 11.0. The minimum Gasteiger partial charge on any atom is -0.506 e. The van der Waals surface area contributed by atoms with Crippen molar-refractivity contribution in [1.82, 2.24) is 4.98 Å². The third kappa shape index (κ3) is 4.37. The average Bonchev–Trinajstić information content (AvgIpc) is 3.10. The number of anilines is 2. The first-order valence-corrected chi connectivity index (χ1v) is 9.23. The highest BCUT2D eigenvalue weighted by Gasteiger charge is 2.09. The molecule has 3 rings (SSSR count). The fraction of sp³-hybridized carbons (Fsp3) is 0.111. The number of rotatable bonds is 5. The molecule has 25 heavy (non-hydrogen) atoms. The Kier molecular flexibility index (Phi) is 5.35. The van der Waals surface area contributed by atoms with Crippen molar-refractivity contribution in [2.75, 3.05) is 10.6 Å². The zero-order chi connectivity index (χ0) is 17.8. The normalized spacial score (nSPS) is 10.5. The van der Waals surface area contributed by atoms with Crippen molar-refractivity contribution in [2.24, 2.45) is 0 Å². The van der Waals surface area contributed by atoms with Gasteiger partial charge in [0.1, 0.15) is 5.75 Å². The van der Waals surface area contributed by atoms with Gasteiger partial charge in [0.15, 0.2) is 5.13 Å². The van der Waals surface area contributed by atoms with Crippen LogP contribution >= 0.6 is 27.3 Å². The molecule has 7 heteroatoms. The number of aromatic nitrogens is 1. The van der Waals surface area contributed by atoms with Gasteiger partial charge in [-0.05, 0) is 58.7 Å². The quantitative estimate of drug-likeness (QED) is 0.557. The Morgan fingerprint density at radius 3 is 2.72 bits per heavy atom. The monoisotopic (exact) mass is 417 g/mol. The van der Waals surface area contributed by atoms with Gasteiger partial charge in [-0.1, -0.05) is 6.07 Å². The van der Waals surface area contributed by atoms with Gasteiger partial charge in [0.05, 0.1) is 4.47 Å². The summed E-state index contributed by atoms with van der Waals surface area (Å²) in [7, 11) is 0. The molecule has 1 heterocycles. The van der Waals surface area contributed by atoms with E-state index in [1.165, 1.54) is 11.3 Å². The Bertz CT molecular complexity index is 880. The number of aromatic hydroxyl groups is 1. The molecular weight excluding hydrogens is 402 g/mol. The van der Waals surface area contributed by atoms with Gasteiger partial charge < -0.3 is 10.4 Å². The van der Waals surface area contributed by atoms with E-state index in [9.17, 15) is 9.90 Å². The molecule has 128 valence electrons. The number of carbonyl (C=O) groups is 1. The van der Waals surface area contributed by atoms with Crippen LogP contribution in [0.15, 0.2) is 52.4 Å². The van der Waals surface area contributed by atoms with E-state index in [0.717, 1.165) is 16.8 Å². The van der Waals surface area contributed by atoms with Gasteiger partial charge in [-0.3, -0.25) is 10.1 Å². The van der Waals surface area contributed by atoms with Gasteiger partial charge in [0.2, 0.25) is 0 Å². The largest absolute Gasteiger partial charge is 0.506 e.